The van der Waals surface area contributed by atoms with Gasteiger partial charge in [-0.2, -0.15) is 0 Å². The minimum Gasteiger partial charge on any atom is -0.327 e. The van der Waals surface area contributed by atoms with Crippen molar-refractivity contribution in [1.82, 2.24) is 0 Å². The van der Waals surface area contributed by atoms with E-state index in [0.717, 1.165) is 23.7 Å². The molecule has 0 aliphatic heterocycles. The van der Waals surface area contributed by atoms with Gasteiger partial charge in [-0.3, -0.25) is 0 Å². The molecule has 4 rings (SSSR count). The minimum absolute atomic E-state index is 0.586. The molecule has 0 amide bonds. The van der Waals surface area contributed by atoms with Crippen molar-refractivity contribution in [2.75, 3.05) is 0 Å². The van der Waals surface area contributed by atoms with Gasteiger partial charge < -0.3 is 5.73 Å². The number of hydrogen-bond donors (Lipinski definition) is 1. The lowest BCUT2D eigenvalue weighted by Crippen LogP contribution is -2.52. The highest BCUT2D eigenvalue weighted by molar-refractivity contribution is 4.99. The molecule has 2 N–H and O–H groups in total. The first-order chi connectivity index (χ1) is 5.33. The fourth-order valence-corrected chi connectivity index (χ4v) is 3.97. The first-order valence-corrected chi connectivity index (χ1v) is 5.08. The molecule has 62 valence electrons. The second-order valence-electron chi connectivity index (χ2n) is 5.01. The monoisotopic (exact) mass is 151 g/mol. The fourth-order valence-electron chi connectivity index (χ4n) is 3.97. The van der Waals surface area contributed by atoms with E-state index in [0.29, 0.717) is 6.04 Å². The summed E-state index contributed by atoms with van der Waals surface area (Å²) >= 11 is 0. The third-order valence-electron chi connectivity index (χ3n) is 4.30. The van der Waals surface area contributed by atoms with Crippen LogP contribution in [-0.2, 0) is 0 Å². The molecule has 0 unspecified atom stereocenters. The molecule has 1 heteroatoms. The average molecular weight is 151 g/mol. The van der Waals surface area contributed by atoms with Gasteiger partial charge in [0.1, 0.15) is 0 Å². The van der Waals surface area contributed by atoms with Crippen LogP contribution in [0.5, 0.6) is 0 Å². The summed E-state index contributed by atoms with van der Waals surface area (Å²) in [5, 5.41) is 0. The smallest absolute Gasteiger partial charge is 0.00960 e. The van der Waals surface area contributed by atoms with Crippen LogP contribution in [0.3, 0.4) is 0 Å². The maximum Gasteiger partial charge on any atom is 0.00960 e. The fraction of sp³-hybridized carbons (Fsp3) is 1.00. The summed E-state index contributed by atoms with van der Waals surface area (Å²) in [6.45, 7) is 0. The van der Waals surface area contributed by atoms with Crippen molar-refractivity contribution < 1.29 is 0 Å². The molecule has 4 saturated carbocycles. The Kier molecular flexibility index (Phi) is 1.18. The lowest BCUT2D eigenvalue weighted by molar-refractivity contribution is 0.000349. The van der Waals surface area contributed by atoms with Gasteiger partial charge in [-0.25, -0.2) is 0 Å². The third-order valence-corrected chi connectivity index (χ3v) is 4.30. The SMILES string of the molecule is N[C@H]1[C@H]2C[C@H]3C[C@H](C2)C[C@H]1C3. The molecule has 4 fully saturated rings. The summed E-state index contributed by atoms with van der Waals surface area (Å²) in [6, 6.07) is 0.586. The molecule has 4 aliphatic carbocycles. The summed E-state index contributed by atoms with van der Waals surface area (Å²) in [4.78, 5) is 0. The van der Waals surface area contributed by atoms with Gasteiger partial charge in [0.15, 0.2) is 0 Å². The van der Waals surface area contributed by atoms with E-state index in [-0.39, 0.29) is 0 Å². The van der Waals surface area contributed by atoms with Crippen LogP contribution in [0.15, 0.2) is 0 Å². The molecule has 0 radical (unpaired) electrons. The van der Waals surface area contributed by atoms with Gasteiger partial charge in [-0.05, 0) is 55.8 Å². The standard InChI is InChI=1S/C10H17N/c11-10-8-2-6-1-7(4-8)5-9(10)3-6/h6-10H,1-5,11H2/t6-,7-,8-,9+,10+. The predicted molar refractivity (Wildman–Crippen MR) is 45.0 cm³/mol. The quantitative estimate of drug-likeness (QED) is 0.561. The Balaban J connectivity index is 1.91. The van der Waals surface area contributed by atoms with E-state index < -0.39 is 0 Å². The molecular weight excluding hydrogens is 134 g/mol. The van der Waals surface area contributed by atoms with Gasteiger partial charge in [-0.1, -0.05) is 0 Å². The summed E-state index contributed by atoms with van der Waals surface area (Å²) in [6.07, 6.45) is 7.41. The lowest BCUT2D eigenvalue weighted by atomic mass is 9.54. The van der Waals surface area contributed by atoms with Crippen LogP contribution in [0, 0.1) is 23.7 Å². The molecule has 0 aromatic heterocycles. The van der Waals surface area contributed by atoms with Crippen LogP contribution in [0.2, 0.25) is 0 Å². The molecule has 0 heterocycles. The van der Waals surface area contributed by atoms with Gasteiger partial charge in [0.25, 0.3) is 0 Å². The van der Waals surface area contributed by atoms with Crippen molar-refractivity contribution >= 4 is 0 Å². The van der Waals surface area contributed by atoms with Gasteiger partial charge in [-0.15, -0.1) is 0 Å². The summed E-state index contributed by atoms with van der Waals surface area (Å²) < 4.78 is 0. The minimum atomic E-state index is 0.586. The third kappa shape index (κ3) is 0.807. The van der Waals surface area contributed by atoms with E-state index in [1.807, 2.05) is 0 Å². The zero-order chi connectivity index (χ0) is 7.42. The topological polar surface area (TPSA) is 26.0 Å². The molecule has 4 aliphatic rings. The highest BCUT2D eigenvalue weighted by atomic mass is 14.7. The van der Waals surface area contributed by atoms with E-state index >= 15 is 0 Å². The maximum atomic E-state index is 6.17. The van der Waals surface area contributed by atoms with E-state index in [2.05, 4.69) is 0 Å². The Morgan fingerprint density at radius 2 is 1.18 bits per heavy atom. The highest BCUT2D eigenvalue weighted by Crippen LogP contribution is 2.52. The number of hydrogen-bond acceptors (Lipinski definition) is 1. The molecule has 0 saturated heterocycles. The van der Waals surface area contributed by atoms with Crippen molar-refractivity contribution in [3.63, 3.8) is 0 Å². The van der Waals surface area contributed by atoms with Gasteiger partial charge in [0.05, 0.1) is 0 Å². The van der Waals surface area contributed by atoms with Crippen LogP contribution in [0.25, 0.3) is 0 Å². The van der Waals surface area contributed by atoms with Crippen molar-refractivity contribution in [3.8, 4) is 0 Å². The highest BCUT2D eigenvalue weighted by Gasteiger charge is 2.46. The van der Waals surface area contributed by atoms with E-state index in [1.54, 1.807) is 6.42 Å². The summed E-state index contributed by atoms with van der Waals surface area (Å²) in [5.41, 5.74) is 6.17. The van der Waals surface area contributed by atoms with Crippen LogP contribution in [-0.4, -0.2) is 6.04 Å². The van der Waals surface area contributed by atoms with Crippen molar-refractivity contribution in [3.05, 3.63) is 0 Å². The molecule has 0 atom stereocenters. The van der Waals surface area contributed by atoms with E-state index in [4.69, 9.17) is 5.73 Å². The Bertz CT molecular complexity index is 148. The predicted octanol–water partition coefficient (Wildman–Crippen LogP) is 1.77. The number of rotatable bonds is 0. The second kappa shape index (κ2) is 2.01. The first-order valence-electron chi connectivity index (χ1n) is 5.08. The van der Waals surface area contributed by atoms with Crippen molar-refractivity contribution in [1.29, 1.82) is 0 Å². The zero-order valence-corrected chi connectivity index (χ0v) is 7.00. The average Bonchev–Trinajstić information content (AvgIpc) is 1.98. The largest absolute Gasteiger partial charge is 0.327 e. The number of nitrogens with two attached hydrogens (primary N) is 1. The molecule has 0 aromatic carbocycles. The molecule has 11 heavy (non-hydrogen) atoms. The first kappa shape index (κ1) is 6.47. The lowest BCUT2D eigenvalue weighted by Gasteiger charge is -2.53. The summed E-state index contributed by atoms with van der Waals surface area (Å²) in [5.74, 6) is 4.01. The van der Waals surface area contributed by atoms with Crippen LogP contribution >= 0.6 is 0 Å². The molecule has 0 spiro atoms. The van der Waals surface area contributed by atoms with Crippen molar-refractivity contribution in [2.24, 2.45) is 29.4 Å². The Labute approximate surface area is 68.3 Å². The van der Waals surface area contributed by atoms with Gasteiger partial charge in [0, 0.05) is 6.04 Å². The summed E-state index contributed by atoms with van der Waals surface area (Å²) in [7, 11) is 0. The van der Waals surface area contributed by atoms with Gasteiger partial charge in [0.2, 0.25) is 0 Å². The maximum absolute atomic E-state index is 6.17. The van der Waals surface area contributed by atoms with Crippen LogP contribution in [0.1, 0.15) is 32.1 Å². The molecular formula is C10H17N. The zero-order valence-electron chi connectivity index (χ0n) is 7.00. The Morgan fingerprint density at radius 3 is 1.64 bits per heavy atom. The molecule has 0 aromatic rings. The van der Waals surface area contributed by atoms with Gasteiger partial charge >= 0.3 is 0 Å². The molecule has 1 nitrogen and oxygen atoms in total. The van der Waals surface area contributed by atoms with Crippen molar-refractivity contribution in [2.45, 2.75) is 38.1 Å². The van der Waals surface area contributed by atoms with E-state index in [9.17, 15) is 0 Å². The molecule has 4 bridgehead atoms. The normalized spacial score (nSPS) is 60.3. The Hall–Kier alpha value is -0.0400. The van der Waals surface area contributed by atoms with E-state index in [1.165, 1.54) is 25.7 Å². The second-order valence-corrected chi connectivity index (χ2v) is 5.01. The van der Waals surface area contributed by atoms with Crippen LogP contribution in [0.4, 0.5) is 0 Å². The Morgan fingerprint density at radius 1 is 0.727 bits per heavy atom. The van der Waals surface area contributed by atoms with Crippen LogP contribution < -0.4 is 5.73 Å².